The molecule has 3 N–H and O–H groups in total. The molecule has 0 atom stereocenters. The molecular formula is C19H23ClN4O+2. The lowest BCUT2D eigenvalue weighted by atomic mass is 10.1. The van der Waals surface area contributed by atoms with Gasteiger partial charge in [0.1, 0.15) is 49.8 Å². The van der Waals surface area contributed by atoms with E-state index in [1.54, 1.807) is 12.0 Å². The predicted molar refractivity (Wildman–Crippen MR) is 98.3 cm³/mol. The lowest BCUT2D eigenvalue weighted by Gasteiger charge is -2.22. The fourth-order valence-electron chi connectivity index (χ4n) is 3.53. The Kier molecular flexibility index (Phi) is 4.61. The van der Waals surface area contributed by atoms with Crippen LogP contribution in [-0.2, 0) is 6.54 Å². The summed E-state index contributed by atoms with van der Waals surface area (Å²) < 4.78 is 7.54. The fourth-order valence-corrected chi connectivity index (χ4v) is 3.69. The Balaban J connectivity index is 1.82. The van der Waals surface area contributed by atoms with Crippen molar-refractivity contribution in [2.75, 3.05) is 33.3 Å². The van der Waals surface area contributed by atoms with E-state index < -0.39 is 0 Å². The van der Waals surface area contributed by atoms with Crippen molar-refractivity contribution in [3.63, 3.8) is 0 Å². The highest BCUT2D eigenvalue weighted by Crippen LogP contribution is 2.28. The van der Waals surface area contributed by atoms with E-state index >= 15 is 0 Å². The van der Waals surface area contributed by atoms with Gasteiger partial charge in [-0.15, -0.1) is 0 Å². The molecule has 0 unspecified atom stereocenters. The van der Waals surface area contributed by atoms with Crippen LogP contribution < -0.4 is 15.0 Å². The van der Waals surface area contributed by atoms with E-state index in [0.717, 1.165) is 34.2 Å². The van der Waals surface area contributed by atoms with Crippen LogP contribution >= 0.6 is 11.6 Å². The number of hydrogen-bond acceptors (Lipinski definition) is 2. The number of hydrogen-bond donors (Lipinski definition) is 2. The maximum Gasteiger partial charge on any atom is 0.137 e. The number of methoxy groups -OCH3 is 1. The number of fused-ring (bicyclic) bond motifs is 1. The van der Waals surface area contributed by atoms with Crippen LogP contribution in [0.25, 0.3) is 16.9 Å². The van der Waals surface area contributed by atoms with E-state index in [1.807, 2.05) is 36.5 Å². The third-order valence-electron chi connectivity index (χ3n) is 4.85. The molecule has 3 aromatic rings. The van der Waals surface area contributed by atoms with Crippen molar-refractivity contribution in [2.45, 2.75) is 6.54 Å². The summed E-state index contributed by atoms with van der Waals surface area (Å²) in [5.74, 6) is 0.846. The standard InChI is InChI=1S/C19H21ClN4O/c1-25-16-4-2-3-14(11-16)19-17(13-23-9-7-21-8-10-23)24-12-15(20)5-6-18(24)22-19/h2-6,11-12,21H,7-10,13H2,1H3/p+2. The Morgan fingerprint density at radius 3 is 2.88 bits per heavy atom. The molecule has 0 aliphatic carbocycles. The summed E-state index contributed by atoms with van der Waals surface area (Å²) >= 11 is 6.26. The molecule has 0 spiro atoms. The number of benzene rings is 1. The number of rotatable bonds is 4. The number of nitrogens with two attached hydrogens (primary N) is 1. The molecule has 25 heavy (non-hydrogen) atoms. The number of halogens is 1. The summed E-state index contributed by atoms with van der Waals surface area (Å²) in [5, 5.41) is 3.11. The van der Waals surface area contributed by atoms with Gasteiger partial charge in [-0.05, 0) is 24.3 Å². The molecule has 0 radical (unpaired) electrons. The molecule has 0 saturated carbocycles. The van der Waals surface area contributed by atoms with Crippen molar-refractivity contribution in [1.82, 2.24) is 9.38 Å². The lowest BCUT2D eigenvalue weighted by molar-refractivity contribution is -0.958. The highest BCUT2D eigenvalue weighted by atomic mass is 35.5. The second-order valence-corrected chi connectivity index (χ2v) is 6.94. The van der Waals surface area contributed by atoms with E-state index in [4.69, 9.17) is 21.3 Å². The molecule has 130 valence electrons. The van der Waals surface area contributed by atoms with Gasteiger partial charge in [-0.25, -0.2) is 4.98 Å². The van der Waals surface area contributed by atoms with Gasteiger partial charge >= 0.3 is 0 Å². The van der Waals surface area contributed by atoms with Gasteiger partial charge < -0.3 is 15.0 Å². The Labute approximate surface area is 152 Å². The smallest absolute Gasteiger partial charge is 0.137 e. The Morgan fingerprint density at radius 2 is 2.08 bits per heavy atom. The molecule has 1 aliphatic heterocycles. The number of aromatic nitrogens is 2. The zero-order chi connectivity index (χ0) is 17.2. The first kappa shape index (κ1) is 16.4. The van der Waals surface area contributed by atoms with Gasteiger partial charge in [0.25, 0.3) is 0 Å². The molecule has 6 heteroatoms. The summed E-state index contributed by atoms with van der Waals surface area (Å²) in [6.07, 6.45) is 1.97. The first-order chi connectivity index (χ1) is 12.2. The largest absolute Gasteiger partial charge is 0.497 e. The predicted octanol–water partition coefficient (Wildman–Crippen LogP) is 0.625. The van der Waals surface area contributed by atoms with Crippen molar-refractivity contribution in [3.05, 3.63) is 53.3 Å². The van der Waals surface area contributed by atoms with Crippen molar-refractivity contribution in [3.8, 4) is 17.0 Å². The molecule has 0 bridgehead atoms. The monoisotopic (exact) mass is 358 g/mol. The first-order valence-electron chi connectivity index (χ1n) is 8.71. The van der Waals surface area contributed by atoms with Gasteiger partial charge in [0.2, 0.25) is 0 Å². The van der Waals surface area contributed by atoms with Crippen LogP contribution in [0, 0.1) is 0 Å². The van der Waals surface area contributed by atoms with Gasteiger partial charge in [0.05, 0.1) is 17.8 Å². The third-order valence-corrected chi connectivity index (χ3v) is 5.07. The minimum Gasteiger partial charge on any atom is -0.497 e. The minimum atomic E-state index is 0.727. The van der Waals surface area contributed by atoms with E-state index in [0.29, 0.717) is 0 Å². The number of pyridine rings is 1. The molecule has 1 aromatic carbocycles. The molecule has 5 nitrogen and oxygen atoms in total. The quantitative estimate of drug-likeness (QED) is 0.718. The Hall–Kier alpha value is -2.08. The number of nitrogens with one attached hydrogen (secondary N) is 1. The zero-order valence-corrected chi connectivity index (χ0v) is 15.1. The summed E-state index contributed by atoms with van der Waals surface area (Å²) in [6, 6.07) is 12.0. The summed E-state index contributed by atoms with van der Waals surface area (Å²) in [4.78, 5) is 6.48. The van der Waals surface area contributed by atoms with Crippen LogP contribution in [0.1, 0.15) is 5.69 Å². The molecule has 1 aliphatic rings. The van der Waals surface area contributed by atoms with Gasteiger partial charge in [0, 0.05) is 11.8 Å². The summed E-state index contributed by atoms with van der Waals surface area (Å²) in [5.41, 5.74) is 4.24. The number of piperazine rings is 1. The number of ether oxygens (including phenoxy) is 1. The molecule has 0 amide bonds. The summed E-state index contributed by atoms with van der Waals surface area (Å²) in [7, 11) is 1.69. The second-order valence-electron chi connectivity index (χ2n) is 6.51. The van der Waals surface area contributed by atoms with Crippen LogP contribution in [0.3, 0.4) is 0 Å². The molecule has 3 heterocycles. The maximum absolute atomic E-state index is 6.26. The van der Waals surface area contributed by atoms with Crippen molar-refractivity contribution in [1.29, 1.82) is 0 Å². The second kappa shape index (κ2) is 7.04. The molecule has 2 aromatic heterocycles. The number of nitrogens with zero attached hydrogens (tertiary/aromatic N) is 2. The van der Waals surface area contributed by atoms with Crippen molar-refractivity contribution < 1.29 is 15.0 Å². The van der Waals surface area contributed by atoms with E-state index in [1.165, 1.54) is 31.9 Å². The van der Waals surface area contributed by atoms with Crippen LogP contribution in [0.2, 0.25) is 5.02 Å². The van der Waals surface area contributed by atoms with Gasteiger partial charge in [-0.3, -0.25) is 4.40 Å². The van der Waals surface area contributed by atoms with Crippen LogP contribution in [0.15, 0.2) is 42.6 Å². The highest BCUT2D eigenvalue weighted by Gasteiger charge is 2.22. The van der Waals surface area contributed by atoms with Crippen molar-refractivity contribution in [2.24, 2.45) is 0 Å². The van der Waals surface area contributed by atoms with Crippen LogP contribution in [0.4, 0.5) is 0 Å². The minimum absolute atomic E-state index is 0.727. The first-order valence-corrected chi connectivity index (χ1v) is 9.08. The average molecular weight is 359 g/mol. The topological polar surface area (TPSA) is 47.6 Å². The zero-order valence-electron chi connectivity index (χ0n) is 14.3. The fraction of sp³-hybridized carbons (Fsp3) is 0.316. The number of quaternary nitrogens is 2. The molecule has 1 fully saturated rings. The highest BCUT2D eigenvalue weighted by molar-refractivity contribution is 6.30. The van der Waals surface area contributed by atoms with Crippen molar-refractivity contribution >= 4 is 17.2 Å². The van der Waals surface area contributed by atoms with Gasteiger partial charge in [-0.1, -0.05) is 23.7 Å². The third kappa shape index (κ3) is 3.35. The van der Waals surface area contributed by atoms with E-state index in [2.05, 4.69) is 15.8 Å². The summed E-state index contributed by atoms with van der Waals surface area (Å²) in [6.45, 7) is 5.65. The van der Waals surface area contributed by atoms with E-state index in [9.17, 15) is 0 Å². The van der Waals surface area contributed by atoms with Gasteiger partial charge in [0.15, 0.2) is 0 Å². The normalized spacial score (nSPS) is 15.6. The Bertz CT molecular complexity index is 886. The van der Waals surface area contributed by atoms with Crippen LogP contribution in [0.5, 0.6) is 5.75 Å². The van der Waals surface area contributed by atoms with Gasteiger partial charge in [-0.2, -0.15) is 0 Å². The molecular weight excluding hydrogens is 336 g/mol. The Morgan fingerprint density at radius 1 is 1.24 bits per heavy atom. The molecule has 1 saturated heterocycles. The SMILES string of the molecule is COc1cccc(-c2nc3ccc(Cl)cn3c2C[NH+]2CC[NH2+]CC2)c1. The molecule has 4 rings (SSSR count). The average Bonchev–Trinajstić information content (AvgIpc) is 3.00. The lowest BCUT2D eigenvalue weighted by Crippen LogP contribution is -3.19. The van der Waals surface area contributed by atoms with E-state index in [-0.39, 0.29) is 0 Å². The maximum atomic E-state index is 6.26. The number of imidazole rings is 1. The van der Waals surface area contributed by atoms with Crippen LogP contribution in [-0.4, -0.2) is 42.7 Å².